The largest absolute Gasteiger partial charge is 0.357 e. The average molecular weight is 556 g/mol. The number of nitrogens with one attached hydrogen (secondary N) is 1. The van der Waals surface area contributed by atoms with Crippen LogP contribution in [0, 0.1) is 20.8 Å². The van der Waals surface area contributed by atoms with Gasteiger partial charge in [-0.25, -0.2) is 8.42 Å². The summed E-state index contributed by atoms with van der Waals surface area (Å²) in [7, 11) is -2.63. The standard InChI is InChI=1S/C29H34ClN3O4S/c1-6-26(29(35)31-5)32(18-23-11-8-7-10-21(23)3)28(34)19-33(27-13-9-12-25(30)22(27)4)38(36,37)24-16-14-20(2)15-17-24/h7-17,26H,6,18-19H2,1-5H3,(H,31,35). The minimum atomic E-state index is -4.15. The van der Waals surface area contributed by atoms with Crippen molar-refractivity contribution in [3.05, 3.63) is 94.0 Å². The molecule has 3 aromatic rings. The van der Waals surface area contributed by atoms with Crippen LogP contribution in [0.4, 0.5) is 5.69 Å². The van der Waals surface area contributed by atoms with Crippen molar-refractivity contribution >= 4 is 39.1 Å². The van der Waals surface area contributed by atoms with Crippen LogP contribution in [0.1, 0.15) is 35.6 Å². The van der Waals surface area contributed by atoms with E-state index in [0.29, 0.717) is 22.7 Å². The zero-order valence-corrected chi connectivity index (χ0v) is 23.9. The number of nitrogens with zero attached hydrogens (tertiary/aromatic N) is 2. The van der Waals surface area contributed by atoms with E-state index < -0.39 is 28.5 Å². The SMILES string of the molecule is CCC(C(=O)NC)N(Cc1ccccc1C)C(=O)CN(c1cccc(Cl)c1C)S(=O)(=O)c1ccc(C)cc1. The number of anilines is 1. The molecular weight excluding hydrogens is 522 g/mol. The molecule has 0 spiro atoms. The minimum absolute atomic E-state index is 0.0547. The highest BCUT2D eigenvalue weighted by atomic mass is 35.5. The molecule has 202 valence electrons. The summed E-state index contributed by atoms with van der Waals surface area (Å²) in [6, 6.07) is 18.2. The predicted molar refractivity (Wildman–Crippen MR) is 152 cm³/mol. The zero-order valence-electron chi connectivity index (χ0n) is 22.4. The Balaban J connectivity index is 2.12. The van der Waals surface area contributed by atoms with Gasteiger partial charge in [-0.05, 0) is 68.1 Å². The molecule has 0 aliphatic heterocycles. The van der Waals surface area contributed by atoms with Gasteiger partial charge in [-0.3, -0.25) is 13.9 Å². The molecule has 0 saturated carbocycles. The van der Waals surface area contributed by atoms with Gasteiger partial charge in [0.2, 0.25) is 11.8 Å². The Kier molecular flexibility index (Phi) is 9.57. The summed E-state index contributed by atoms with van der Waals surface area (Å²) in [6.07, 6.45) is 0.359. The number of hydrogen-bond acceptors (Lipinski definition) is 4. The molecule has 38 heavy (non-hydrogen) atoms. The lowest BCUT2D eigenvalue weighted by Crippen LogP contribution is -2.52. The molecule has 7 nitrogen and oxygen atoms in total. The number of amides is 2. The normalized spacial score (nSPS) is 12.1. The molecule has 0 aliphatic carbocycles. The lowest BCUT2D eigenvalue weighted by molar-refractivity contribution is -0.140. The molecule has 1 N–H and O–H groups in total. The van der Waals surface area contributed by atoms with Gasteiger partial charge in [-0.15, -0.1) is 0 Å². The maximum absolute atomic E-state index is 14.0. The number of carbonyl (C=O) groups is 2. The van der Waals surface area contributed by atoms with Crippen molar-refractivity contribution in [1.29, 1.82) is 0 Å². The highest BCUT2D eigenvalue weighted by Crippen LogP contribution is 2.31. The molecule has 3 aromatic carbocycles. The third-order valence-corrected chi connectivity index (χ3v) is 8.81. The van der Waals surface area contributed by atoms with Gasteiger partial charge in [0.15, 0.2) is 0 Å². The number of halogens is 1. The Labute approximate surface area is 230 Å². The number of aryl methyl sites for hydroxylation is 2. The maximum Gasteiger partial charge on any atom is 0.264 e. The fraction of sp³-hybridized carbons (Fsp3) is 0.310. The lowest BCUT2D eigenvalue weighted by Gasteiger charge is -2.33. The first-order valence-corrected chi connectivity index (χ1v) is 14.2. The van der Waals surface area contributed by atoms with Crippen LogP contribution in [0.25, 0.3) is 0 Å². The molecule has 1 unspecified atom stereocenters. The second-order valence-corrected chi connectivity index (χ2v) is 11.5. The van der Waals surface area contributed by atoms with E-state index in [1.807, 2.05) is 45.0 Å². The first kappa shape index (κ1) is 29.2. The van der Waals surface area contributed by atoms with E-state index in [9.17, 15) is 18.0 Å². The Morgan fingerprint density at radius 3 is 2.21 bits per heavy atom. The monoisotopic (exact) mass is 555 g/mol. The molecule has 0 saturated heterocycles. The summed E-state index contributed by atoms with van der Waals surface area (Å²) in [5, 5.41) is 3.01. The summed E-state index contributed by atoms with van der Waals surface area (Å²) in [6.45, 7) is 6.99. The van der Waals surface area contributed by atoms with Gasteiger partial charge in [-0.2, -0.15) is 0 Å². The number of likely N-dealkylation sites (N-methyl/N-ethyl adjacent to an activating group) is 1. The number of hydrogen-bond donors (Lipinski definition) is 1. The summed E-state index contributed by atoms with van der Waals surface area (Å²) in [4.78, 5) is 28.3. The van der Waals surface area contributed by atoms with E-state index in [4.69, 9.17) is 11.6 Å². The number of benzene rings is 3. The highest BCUT2D eigenvalue weighted by Gasteiger charge is 2.34. The van der Waals surface area contributed by atoms with E-state index >= 15 is 0 Å². The first-order valence-electron chi connectivity index (χ1n) is 12.4. The van der Waals surface area contributed by atoms with Crippen molar-refractivity contribution in [3.8, 4) is 0 Å². The molecule has 9 heteroatoms. The molecule has 0 radical (unpaired) electrons. The van der Waals surface area contributed by atoms with Crippen LogP contribution in [0.15, 0.2) is 71.6 Å². The summed E-state index contributed by atoms with van der Waals surface area (Å²) in [5.74, 6) is -0.819. The molecule has 0 fully saturated rings. The van der Waals surface area contributed by atoms with Gasteiger partial charge in [0.05, 0.1) is 10.6 Å². The number of sulfonamides is 1. The van der Waals surface area contributed by atoms with Gasteiger partial charge in [-0.1, -0.05) is 66.6 Å². The fourth-order valence-electron chi connectivity index (χ4n) is 4.27. The predicted octanol–water partition coefficient (Wildman–Crippen LogP) is 5.01. The molecule has 1 atom stereocenters. The van der Waals surface area contributed by atoms with E-state index in [-0.39, 0.29) is 17.3 Å². The summed E-state index contributed by atoms with van der Waals surface area (Å²) in [5.41, 5.74) is 3.57. The van der Waals surface area contributed by atoms with Gasteiger partial charge >= 0.3 is 0 Å². The molecule has 0 aromatic heterocycles. The molecule has 0 bridgehead atoms. The minimum Gasteiger partial charge on any atom is -0.357 e. The van der Waals surface area contributed by atoms with Crippen LogP contribution in [-0.4, -0.2) is 44.8 Å². The van der Waals surface area contributed by atoms with Crippen molar-refractivity contribution in [2.75, 3.05) is 17.9 Å². The van der Waals surface area contributed by atoms with E-state index in [0.717, 1.165) is 21.0 Å². The second-order valence-electron chi connectivity index (χ2n) is 9.20. The Morgan fingerprint density at radius 1 is 0.947 bits per heavy atom. The third-order valence-electron chi connectivity index (χ3n) is 6.63. The van der Waals surface area contributed by atoms with Gasteiger partial charge < -0.3 is 10.2 Å². The molecule has 2 amide bonds. The lowest BCUT2D eigenvalue weighted by atomic mass is 10.1. The molecule has 3 rings (SSSR count). The Morgan fingerprint density at radius 2 is 1.61 bits per heavy atom. The van der Waals surface area contributed by atoms with Crippen LogP contribution in [-0.2, 0) is 26.2 Å². The highest BCUT2D eigenvalue weighted by molar-refractivity contribution is 7.92. The second kappa shape index (κ2) is 12.5. The fourth-order valence-corrected chi connectivity index (χ4v) is 5.92. The van der Waals surface area contributed by atoms with Gasteiger partial charge in [0.1, 0.15) is 12.6 Å². The Bertz CT molecular complexity index is 1410. The molecule has 0 aliphatic rings. The first-order chi connectivity index (χ1) is 18.0. The van der Waals surface area contributed by atoms with E-state index in [1.165, 1.54) is 24.1 Å². The average Bonchev–Trinajstić information content (AvgIpc) is 2.89. The van der Waals surface area contributed by atoms with Gasteiger partial charge in [0, 0.05) is 18.6 Å². The van der Waals surface area contributed by atoms with Crippen molar-refractivity contribution in [3.63, 3.8) is 0 Å². The van der Waals surface area contributed by atoms with Crippen molar-refractivity contribution in [2.45, 2.75) is 51.6 Å². The summed E-state index contributed by atoms with van der Waals surface area (Å²) < 4.78 is 29.0. The Hall–Kier alpha value is -3.36. The van der Waals surface area contributed by atoms with Crippen LogP contribution in [0.3, 0.4) is 0 Å². The quantitative estimate of drug-likeness (QED) is 0.381. The number of rotatable bonds is 10. The van der Waals surface area contributed by atoms with Crippen LogP contribution >= 0.6 is 11.6 Å². The summed E-state index contributed by atoms with van der Waals surface area (Å²) >= 11 is 6.36. The van der Waals surface area contributed by atoms with Gasteiger partial charge in [0.25, 0.3) is 10.0 Å². The zero-order chi connectivity index (χ0) is 28.0. The van der Waals surface area contributed by atoms with Crippen LogP contribution in [0.2, 0.25) is 5.02 Å². The van der Waals surface area contributed by atoms with Crippen LogP contribution < -0.4 is 9.62 Å². The smallest absolute Gasteiger partial charge is 0.264 e. The van der Waals surface area contributed by atoms with E-state index in [2.05, 4.69) is 5.32 Å². The molecule has 0 heterocycles. The van der Waals surface area contributed by atoms with E-state index in [1.54, 1.807) is 37.3 Å². The van der Waals surface area contributed by atoms with Crippen molar-refractivity contribution in [2.24, 2.45) is 0 Å². The van der Waals surface area contributed by atoms with Crippen molar-refractivity contribution in [1.82, 2.24) is 10.2 Å². The van der Waals surface area contributed by atoms with Crippen molar-refractivity contribution < 1.29 is 18.0 Å². The third kappa shape index (κ3) is 6.37. The van der Waals surface area contributed by atoms with Crippen LogP contribution in [0.5, 0.6) is 0 Å². The molecular formula is C29H34ClN3O4S. The maximum atomic E-state index is 14.0. The number of carbonyl (C=O) groups excluding carboxylic acids is 2. The topological polar surface area (TPSA) is 86.8 Å².